The van der Waals surface area contributed by atoms with E-state index >= 15 is 0 Å². The van der Waals surface area contributed by atoms with Crippen molar-refractivity contribution in [2.24, 2.45) is 0 Å². The molecule has 0 aromatic heterocycles. The van der Waals surface area contributed by atoms with Crippen molar-refractivity contribution in [3.05, 3.63) is 53.6 Å². The maximum atomic E-state index is 10.9. The summed E-state index contributed by atoms with van der Waals surface area (Å²) in [5, 5.41) is 18.3. The van der Waals surface area contributed by atoms with Crippen LogP contribution < -0.4 is 9.47 Å². The first-order valence-corrected chi connectivity index (χ1v) is 5.92. The highest BCUT2D eigenvalue weighted by atomic mass is 16.5. The molecule has 0 radical (unpaired) electrons. The van der Waals surface area contributed by atoms with E-state index in [0.29, 0.717) is 11.5 Å². The van der Waals surface area contributed by atoms with Gasteiger partial charge >= 0.3 is 5.97 Å². The molecule has 0 saturated carbocycles. The van der Waals surface area contributed by atoms with Gasteiger partial charge in [-0.2, -0.15) is 0 Å². The maximum absolute atomic E-state index is 10.9. The number of aromatic carboxylic acids is 1. The van der Waals surface area contributed by atoms with Crippen LogP contribution >= 0.6 is 0 Å². The van der Waals surface area contributed by atoms with E-state index in [0.717, 1.165) is 5.56 Å². The van der Waals surface area contributed by atoms with Crippen LogP contribution in [0.15, 0.2) is 42.5 Å². The van der Waals surface area contributed by atoms with E-state index in [2.05, 4.69) is 0 Å². The minimum atomic E-state index is -1.03. The van der Waals surface area contributed by atoms with Gasteiger partial charge in [-0.25, -0.2) is 4.79 Å². The van der Waals surface area contributed by atoms with Gasteiger partial charge in [0.15, 0.2) is 11.5 Å². The van der Waals surface area contributed by atoms with Crippen molar-refractivity contribution in [2.45, 2.75) is 6.61 Å². The van der Waals surface area contributed by atoms with Crippen LogP contribution in [0.25, 0.3) is 0 Å². The maximum Gasteiger partial charge on any atom is 0.335 e. The molecule has 0 aliphatic rings. The molecule has 0 aliphatic carbocycles. The Morgan fingerprint density at radius 3 is 2.60 bits per heavy atom. The molecule has 2 aromatic rings. The molecule has 2 N–H and O–H groups in total. The smallest absolute Gasteiger partial charge is 0.335 e. The molecule has 0 aliphatic heterocycles. The number of carbonyl (C=O) groups is 1. The number of phenols is 1. The first kappa shape index (κ1) is 13.7. The Hall–Kier alpha value is -2.69. The summed E-state index contributed by atoms with van der Waals surface area (Å²) < 4.78 is 10.7. The van der Waals surface area contributed by atoms with Crippen molar-refractivity contribution in [1.29, 1.82) is 0 Å². The van der Waals surface area contributed by atoms with E-state index in [1.54, 1.807) is 24.3 Å². The molecule has 0 amide bonds. The van der Waals surface area contributed by atoms with Crippen molar-refractivity contribution < 1.29 is 24.5 Å². The second-order valence-corrected chi connectivity index (χ2v) is 4.13. The van der Waals surface area contributed by atoms with Crippen molar-refractivity contribution in [2.75, 3.05) is 7.11 Å². The lowest BCUT2D eigenvalue weighted by atomic mass is 10.2. The van der Waals surface area contributed by atoms with Crippen LogP contribution in [0.2, 0.25) is 0 Å². The van der Waals surface area contributed by atoms with Gasteiger partial charge in [0.1, 0.15) is 12.4 Å². The molecule has 0 heterocycles. The number of rotatable bonds is 5. The zero-order chi connectivity index (χ0) is 14.5. The molecular formula is C15H14O5. The zero-order valence-electron chi connectivity index (χ0n) is 10.9. The van der Waals surface area contributed by atoms with Gasteiger partial charge in [-0.3, -0.25) is 0 Å². The molecular weight excluding hydrogens is 260 g/mol. The average Bonchev–Trinajstić information content (AvgIpc) is 2.45. The number of methoxy groups -OCH3 is 1. The second-order valence-electron chi connectivity index (χ2n) is 4.13. The molecule has 0 bridgehead atoms. The van der Waals surface area contributed by atoms with E-state index < -0.39 is 5.97 Å². The van der Waals surface area contributed by atoms with Crippen molar-refractivity contribution >= 4 is 5.97 Å². The molecule has 0 spiro atoms. The SMILES string of the molecule is COc1cc(C(=O)O)ccc1OCc1cccc(O)c1. The Labute approximate surface area is 116 Å². The Morgan fingerprint density at radius 2 is 1.95 bits per heavy atom. The molecule has 20 heavy (non-hydrogen) atoms. The minimum absolute atomic E-state index is 0.131. The fourth-order valence-electron chi connectivity index (χ4n) is 1.73. The number of hydrogen-bond acceptors (Lipinski definition) is 4. The third-order valence-corrected chi connectivity index (χ3v) is 2.72. The number of aromatic hydroxyl groups is 1. The monoisotopic (exact) mass is 274 g/mol. The summed E-state index contributed by atoms with van der Waals surface area (Å²) in [6, 6.07) is 11.1. The predicted molar refractivity (Wildman–Crippen MR) is 72.4 cm³/mol. The highest BCUT2D eigenvalue weighted by molar-refractivity contribution is 5.88. The Bertz CT molecular complexity index is 621. The predicted octanol–water partition coefficient (Wildman–Crippen LogP) is 2.68. The lowest BCUT2D eigenvalue weighted by Crippen LogP contribution is -2.01. The third kappa shape index (κ3) is 3.20. The highest BCUT2D eigenvalue weighted by Crippen LogP contribution is 2.29. The molecule has 2 aromatic carbocycles. The second kappa shape index (κ2) is 5.97. The number of hydrogen-bond donors (Lipinski definition) is 2. The van der Waals surface area contributed by atoms with E-state index in [-0.39, 0.29) is 17.9 Å². The molecule has 104 valence electrons. The van der Waals surface area contributed by atoms with Crippen molar-refractivity contribution in [1.82, 2.24) is 0 Å². The summed E-state index contributed by atoms with van der Waals surface area (Å²) in [6.07, 6.45) is 0. The van der Waals surface area contributed by atoms with Crippen LogP contribution in [0, 0.1) is 0 Å². The van der Waals surface area contributed by atoms with Gasteiger partial charge in [0.25, 0.3) is 0 Å². The van der Waals surface area contributed by atoms with Gasteiger partial charge < -0.3 is 19.7 Å². The average molecular weight is 274 g/mol. The van der Waals surface area contributed by atoms with Crippen LogP contribution in [-0.4, -0.2) is 23.3 Å². The quantitative estimate of drug-likeness (QED) is 0.876. The Balaban J connectivity index is 2.15. The van der Waals surface area contributed by atoms with Crippen LogP contribution in [0.3, 0.4) is 0 Å². The third-order valence-electron chi connectivity index (χ3n) is 2.72. The molecule has 0 fully saturated rings. The van der Waals surface area contributed by atoms with Crippen LogP contribution in [-0.2, 0) is 6.61 Å². The lowest BCUT2D eigenvalue weighted by molar-refractivity contribution is 0.0696. The van der Waals surface area contributed by atoms with Crippen molar-refractivity contribution in [3.63, 3.8) is 0 Å². The molecule has 5 nitrogen and oxygen atoms in total. The summed E-state index contributed by atoms with van der Waals surface area (Å²) in [5.41, 5.74) is 0.931. The van der Waals surface area contributed by atoms with E-state index in [9.17, 15) is 9.90 Å². The van der Waals surface area contributed by atoms with Crippen LogP contribution in [0.1, 0.15) is 15.9 Å². The highest BCUT2D eigenvalue weighted by Gasteiger charge is 2.10. The first-order chi connectivity index (χ1) is 9.60. The molecule has 0 atom stereocenters. The van der Waals surface area contributed by atoms with Gasteiger partial charge in [-0.1, -0.05) is 12.1 Å². The van der Waals surface area contributed by atoms with Gasteiger partial charge in [-0.15, -0.1) is 0 Å². The number of carboxylic acids is 1. The number of ether oxygens (including phenoxy) is 2. The topological polar surface area (TPSA) is 76.0 Å². The summed E-state index contributed by atoms with van der Waals surface area (Å²) in [6.45, 7) is 0.247. The largest absolute Gasteiger partial charge is 0.508 e. The van der Waals surface area contributed by atoms with Gasteiger partial charge in [0.05, 0.1) is 12.7 Å². The number of benzene rings is 2. The molecule has 2 rings (SSSR count). The van der Waals surface area contributed by atoms with Gasteiger partial charge in [0.2, 0.25) is 0 Å². The lowest BCUT2D eigenvalue weighted by Gasteiger charge is -2.11. The fourth-order valence-corrected chi connectivity index (χ4v) is 1.73. The van der Waals surface area contributed by atoms with Crippen LogP contribution in [0.5, 0.6) is 17.2 Å². The summed E-state index contributed by atoms with van der Waals surface area (Å²) >= 11 is 0. The first-order valence-electron chi connectivity index (χ1n) is 5.92. The Kier molecular flexibility index (Phi) is 4.10. The summed E-state index contributed by atoms with van der Waals surface area (Å²) in [5.74, 6) is -0.0620. The fraction of sp³-hybridized carbons (Fsp3) is 0.133. The molecule has 5 heteroatoms. The van der Waals surface area contributed by atoms with E-state index in [4.69, 9.17) is 14.6 Å². The number of phenolic OH excluding ortho intramolecular Hbond substituents is 1. The van der Waals surface area contributed by atoms with E-state index in [1.807, 2.05) is 6.07 Å². The van der Waals surface area contributed by atoms with Gasteiger partial charge in [-0.05, 0) is 35.9 Å². The number of carboxylic acid groups (broad SMARTS) is 1. The van der Waals surface area contributed by atoms with Crippen LogP contribution in [0.4, 0.5) is 0 Å². The normalized spacial score (nSPS) is 10.1. The standard InChI is InChI=1S/C15H14O5/c1-19-14-8-11(15(17)18)5-6-13(14)20-9-10-3-2-4-12(16)7-10/h2-8,16H,9H2,1H3,(H,17,18). The van der Waals surface area contributed by atoms with Crippen molar-refractivity contribution in [3.8, 4) is 17.2 Å². The zero-order valence-corrected chi connectivity index (χ0v) is 10.9. The Morgan fingerprint density at radius 1 is 1.15 bits per heavy atom. The minimum Gasteiger partial charge on any atom is -0.508 e. The van der Waals surface area contributed by atoms with Gasteiger partial charge in [0, 0.05) is 0 Å². The summed E-state index contributed by atoms with van der Waals surface area (Å²) in [7, 11) is 1.45. The molecule has 0 saturated heterocycles. The molecule has 0 unspecified atom stereocenters. The summed E-state index contributed by atoms with van der Waals surface area (Å²) in [4.78, 5) is 10.9. The van der Waals surface area contributed by atoms with E-state index in [1.165, 1.54) is 19.2 Å².